The molecule has 0 saturated heterocycles. The number of nitrogens with one attached hydrogen (secondary N) is 1. The molecule has 0 aliphatic heterocycles. The van der Waals surface area contributed by atoms with E-state index in [1.165, 1.54) is 0 Å². The molecular weight excluding hydrogens is 360 g/mol. The van der Waals surface area contributed by atoms with Crippen molar-refractivity contribution in [3.63, 3.8) is 0 Å². The molecule has 0 saturated carbocycles. The number of hydrogen-bond donors (Lipinski definition) is 1. The van der Waals surface area contributed by atoms with Crippen LogP contribution >= 0.6 is 0 Å². The van der Waals surface area contributed by atoms with Crippen molar-refractivity contribution >= 4 is 5.69 Å². The molecule has 0 aliphatic rings. The van der Waals surface area contributed by atoms with Gasteiger partial charge in [-0.1, -0.05) is 40.5 Å². The Bertz CT molecular complexity index is 491. The molecule has 0 fully saturated rings. The lowest BCUT2D eigenvalue weighted by Gasteiger charge is -2.22. The molecule has 1 rings (SSSR count). The summed E-state index contributed by atoms with van der Waals surface area (Å²) in [6.45, 7) is 13.1. The summed E-state index contributed by atoms with van der Waals surface area (Å²) in [6.07, 6.45) is 4.33. The Kier molecular flexibility index (Phi) is 16.0. The second-order valence-electron chi connectivity index (χ2n) is 7.02. The first-order valence-electron chi connectivity index (χ1n) is 10.8. The van der Waals surface area contributed by atoms with E-state index in [4.69, 9.17) is 9.47 Å². The minimum absolute atomic E-state index is 0.156. The summed E-state index contributed by atoms with van der Waals surface area (Å²) in [5.41, 5.74) is 1.27. The van der Waals surface area contributed by atoms with E-state index in [9.17, 15) is 8.78 Å². The van der Waals surface area contributed by atoms with Crippen LogP contribution in [0.15, 0.2) is 18.2 Å². The predicted octanol–water partition coefficient (Wildman–Crippen LogP) is 7.28. The molecule has 2 unspecified atom stereocenters. The first kappa shape index (κ1) is 26.8. The third kappa shape index (κ3) is 11.0. The van der Waals surface area contributed by atoms with Crippen LogP contribution in [-0.4, -0.2) is 25.9 Å². The van der Waals surface area contributed by atoms with Crippen molar-refractivity contribution in [3.8, 4) is 0 Å². The van der Waals surface area contributed by atoms with Crippen LogP contribution in [-0.2, 0) is 9.47 Å². The third-order valence-electron chi connectivity index (χ3n) is 4.63. The molecule has 28 heavy (non-hydrogen) atoms. The Morgan fingerprint density at radius 3 is 2.04 bits per heavy atom. The van der Waals surface area contributed by atoms with Gasteiger partial charge in [-0.15, -0.1) is 0 Å². The number of hydrogen-bond acceptors (Lipinski definition) is 3. The summed E-state index contributed by atoms with van der Waals surface area (Å²) in [7, 11) is 0. The molecule has 5 heteroatoms. The fraction of sp³-hybridized carbons (Fsp3) is 0.739. The maximum absolute atomic E-state index is 14.4. The van der Waals surface area contributed by atoms with Crippen LogP contribution in [0, 0.1) is 11.7 Å². The first-order valence-corrected chi connectivity index (χ1v) is 10.8. The van der Waals surface area contributed by atoms with Gasteiger partial charge in [-0.2, -0.15) is 0 Å². The van der Waals surface area contributed by atoms with Gasteiger partial charge in [0.1, 0.15) is 5.82 Å². The molecule has 1 N–H and O–H groups in total. The molecule has 164 valence electrons. The van der Waals surface area contributed by atoms with Crippen molar-refractivity contribution in [2.45, 2.75) is 86.0 Å². The van der Waals surface area contributed by atoms with E-state index in [2.05, 4.69) is 26.1 Å². The third-order valence-corrected chi connectivity index (χ3v) is 4.63. The Morgan fingerprint density at radius 2 is 1.64 bits per heavy atom. The summed E-state index contributed by atoms with van der Waals surface area (Å²) in [5, 5.41) is 3.44. The van der Waals surface area contributed by atoms with Gasteiger partial charge in [0.2, 0.25) is 0 Å². The molecule has 0 bridgehead atoms. The predicted molar refractivity (Wildman–Crippen MR) is 115 cm³/mol. The van der Waals surface area contributed by atoms with Crippen molar-refractivity contribution in [2.75, 3.05) is 25.2 Å². The molecular formula is C23H41F2NO2. The molecule has 2 atom stereocenters. The fourth-order valence-corrected chi connectivity index (χ4v) is 2.69. The van der Waals surface area contributed by atoms with Crippen LogP contribution in [0.4, 0.5) is 14.5 Å². The van der Waals surface area contributed by atoms with Gasteiger partial charge in [-0.3, -0.25) is 4.39 Å². The Labute approximate surface area is 171 Å². The van der Waals surface area contributed by atoms with Crippen molar-refractivity contribution in [1.29, 1.82) is 0 Å². The lowest BCUT2D eigenvalue weighted by molar-refractivity contribution is -0.141. The van der Waals surface area contributed by atoms with Crippen molar-refractivity contribution in [3.05, 3.63) is 29.6 Å². The van der Waals surface area contributed by atoms with Gasteiger partial charge in [0.15, 0.2) is 6.29 Å². The minimum atomic E-state index is -0.638. The van der Waals surface area contributed by atoms with Gasteiger partial charge < -0.3 is 14.8 Å². The molecule has 0 amide bonds. The topological polar surface area (TPSA) is 30.5 Å². The molecule has 3 nitrogen and oxygen atoms in total. The number of unbranched alkanes of at least 4 members (excludes halogenated alkanes) is 1. The van der Waals surface area contributed by atoms with Gasteiger partial charge in [-0.25, -0.2) is 4.39 Å². The van der Waals surface area contributed by atoms with E-state index < -0.39 is 6.29 Å². The quantitative estimate of drug-likeness (QED) is 0.352. The van der Waals surface area contributed by atoms with Crippen molar-refractivity contribution in [1.82, 2.24) is 0 Å². The standard InChI is InChI=1S/C19H32FNO2.C4H9F/c1-6-14(5)12-15(7-2)21-16-10-11-17(18(20)13-16)19(22-8-3)23-9-4;1-2-3-4-5/h10-11,13-15,19,21H,6-9,12H2,1-5H3;2-4H2,1H3. The number of halogens is 2. The maximum atomic E-state index is 14.4. The van der Waals surface area contributed by atoms with E-state index in [-0.39, 0.29) is 12.5 Å². The number of alkyl halides is 1. The molecule has 1 aromatic carbocycles. The van der Waals surface area contributed by atoms with Crippen LogP contribution < -0.4 is 5.32 Å². The van der Waals surface area contributed by atoms with Gasteiger partial charge in [0.05, 0.1) is 6.67 Å². The van der Waals surface area contributed by atoms with Gasteiger partial charge in [0, 0.05) is 30.5 Å². The summed E-state index contributed by atoms with van der Waals surface area (Å²) < 4.78 is 36.4. The highest BCUT2D eigenvalue weighted by molar-refractivity contribution is 5.46. The molecule has 0 radical (unpaired) electrons. The first-order chi connectivity index (χ1) is 13.5. The molecule has 0 aliphatic carbocycles. The normalized spacial score (nSPS) is 13.0. The summed E-state index contributed by atoms with van der Waals surface area (Å²) in [5.74, 6) is 0.372. The average molecular weight is 402 g/mol. The van der Waals surface area contributed by atoms with Crippen molar-refractivity contribution < 1.29 is 18.3 Å². The summed E-state index contributed by atoms with van der Waals surface area (Å²) in [4.78, 5) is 0. The lowest BCUT2D eigenvalue weighted by Crippen LogP contribution is -2.21. The highest BCUT2D eigenvalue weighted by atomic mass is 19.1. The highest BCUT2D eigenvalue weighted by Crippen LogP contribution is 2.26. The highest BCUT2D eigenvalue weighted by Gasteiger charge is 2.17. The van der Waals surface area contributed by atoms with Crippen LogP contribution in [0.3, 0.4) is 0 Å². The zero-order valence-corrected chi connectivity index (χ0v) is 18.7. The van der Waals surface area contributed by atoms with E-state index >= 15 is 0 Å². The van der Waals surface area contributed by atoms with E-state index in [1.54, 1.807) is 12.1 Å². The Balaban J connectivity index is 0.00000129. The molecule has 0 spiro atoms. The Morgan fingerprint density at radius 1 is 1.00 bits per heavy atom. The zero-order valence-electron chi connectivity index (χ0n) is 18.7. The van der Waals surface area contributed by atoms with Crippen molar-refractivity contribution in [2.24, 2.45) is 5.92 Å². The SMILES string of the molecule is CCCCF.CCOC(OCC)c1ccc(NC(CC)CC(C)CC)cc1F. The number of anilines is 1. The average Bonchev–Trinajstić information content (AvgIpc) is 2.68. The Hall–Kier alpha value is -1.20. The summed E-state index contributed by atoms with van der Waals surface area (Å²) in [6, 6.07) is 5.57. The van der Waals surface area contributed by atoms with E-state index in [0.29, 0.717) is 30.7 Å². The number of benzene rings is 1. The maximum Gasteiger partial charge on any atom is 0.186 e. The van der Waals surface area contributed by atoms with E-state index in [1.807, 2.05) is 26.8 Å². The van der Waals surface area contributed by atoms with E-state index in [0.717, 1.165) is 37.8 Å². The second kappa shape index (κ2) is 16.7. The lowest BCUT2D eigenvalue weighted by atomic mass is 9.97. The smallest absolute Gasteiger partial charge is 0.186 e. The van der Waals surface area contributed by atoms with Gasteiger partial charge in [-0.05, 0) is 57.2 Å². The van der Waals surface area contributed by atoms with Crippen LogP contribution in [0.25, 0.3) is 0 Å². The molecule has 0 heterocycles. The fourth-order valence-electron chi connectivity index (χ4n) is 2.69. The van der Waals surface area contributed by atoms with Crippen LogP contribution in [0.5, 0.6) is 0 Å². The largest absolute Gasteiger partial charge is 0.382 e. The monoisotopic (exact) mass is 401 g/mol. The summed E-state index contributed by atoms with van der Waals surface area (Å²) >= 11 is 0. The van der Waals surface area contributed by atoms with Crippen LogP contribution in [0.2, 0.25) is 0 Å². The van der Waals surface area contributed by atoms with Gasteiger partial charge in [0.25, 0.3) is 0 Å². The van der Waals surface area contributed by atoms with Crippen LogP contribution in [0.1, 0.15) is 85.5 Å². The molecule has 0 aromatic heterocycles. The minimum Gasteiger partial charge on any atom is -0.382 e. The number of rotatable bonds is 13. The molecule has 1 aromatic rings. The second-order valence-corrected chi connectivity index (χ2v) is 7.02. The number of ether oxygens (including phenoxy) is 2. The zero-order chi connectivity index (χ0) is 21.4. The van der Waals surface area contributed by atoms with Gasteiger partial charge >= 0.3 is 0 Å².